The number of amides is 2. The fraction of sp³-hybridized carbons (Fsp3) is 0.467. The molecule has 0 spiro atoms. The molecule has 1 aromatic rings. The number of sulfonamides is 1. The maximum atomic E-state index is 12.7. The van der Waals surface area contributed by atoms with E-state index in [1.165, 1.54) is 29.6 Å². The normalized spacial score (nSPS) is 14.8. The second-order valence-corrected chi connectivity index (χ2v) is 7.22. The molecular weight excluding hydrogens is 304 g/mol. The molecule has 0 N–H and O–H groups in total. The maximum absolute atomic E-state index is 12.7. The van der Waals surface area contributed by atoms with Crippen molar-refractivity contribution in [3.05, 3.63) is 29.3 Å². The molecule has 120 valence electrons. The average Bonchev–Trinajstić information content (AvgIpc) is 2.71. The van der Waals surface area contributed by atoms with E-state index in [4.69, 9.17) is 0 Å². The van der Waals surface area contributed by atoms with Gasteiger partial charge in [0.25, 0.3) is 11.8 Å². The molecule has 0 saturated heterocycles. The third kappa shape index (κ3) is 2.66. The minimum absolute atomic E-state index is 0.0598. The molecule has 0 aliphatic carbocycles. The van der Waals surface area contributed by atoms with Gasteiger partial charge < -0.3 is 0 Å². The number of carbonyl (C=O) groups excluding carboxylic acids is 2. The van der Waals surface area contributed by atoms with Crippen LogP contribution in [0.4, 0.5) is 0 Å². The van der Waals surface area contributed by atoms with Crippen LogP contribution in [0.1, 0.15) is 47.4 Å². The summed E-state index contributed by atoms with van der Waals surface area (Å²) in [6.07, 6.45) is 1.43. The Balaban J connectivity index is 2.46. The van der Waals surface area contributed by atoms with E-state index in [1.807, 2.05) is 13.8 Å². The summed E-state index contributed by atoms with van der Waals surface area (Å²) in [7, 11) is -2.27. The maximum Gasteiger partial charge on any atom is 0.261 e. The zero-order chi connectivity index (χ0) is 16.5. The van der Waals surface area contributed by atoms with Gasteiger partial charge in [0.15, 0.2) is 0 Å². The average molecular weight is 324 g/mol. The second kappa shape index (κ2) is 6.18. The van der Waals surface area contributed by atoms with Crippen LogP contribution in [0, 0.1) is 0 Å². The van der Waals surface area contributed by atoms with Crippen LogP contribution in [-0.2, 0) is 10.0 Å². The van der Waals surface area contributed by atoms with Crippen molar-refractivity contribution in [2.75, 3.05) is 20.1 Å². The minimum Gasteiger partial charge on any atom is -0.277 e. The van der Waals surface area contributed by atoms with E-state index in [9.17, 15) is 18.0 Å². The molecular formula is C15H20N2O4S. The molecule has 6 nitrogen and oxygen atoms in total. The van der Waals surface area contributed by atoms with E-state index < -0.39 is 21.8 Å². The number of carbonyl (C=O) groups is 2. The summed E-state index contributed by atoms with van der Waals surface area (Å²) in [5, 5.41) is 0. The molecule has 2 amide bonds. The van der Waals surface area contributed by atoms with Gasteiger partial charge >= 0.3 is 0 Å². The number of nitrogens with zero attached hydrogens (tertiary/aromatic N) is 2. The number of fused-ring (bicyclic) bond motifs is 1. The Morgan fingerprint density at radius 3 is 2.09 bits per heavy atom. The van der Waals surface area contributed by atoms with Crippen molar-refractivity contribution in [3.8, 4) is 0 Å². The number of rotatable bonds is 6. The third-order valence-corrected chi connectivity index (χ3v) is 5.54. The van der Waals surface area contributed by atoms with Crippen molar-refractivity contribution in [1.29, 1.82) is 0 Å². The van der Waals surface area contributed by atoms with Gasteiger partial charge in [-0.05, 0) is 31.0 Å². The highest BCUT2D eigenvalue weighted by atomic mass is 32.2. The summed E-state index contributed by atoms with van der Waals surface area (Å²) in [6, 6.07) is 4.13. The summed E-state index contributed by atoms with van der Waals surface area (Å²) in [4.78, 5) is 24.9. The number of benzene rings is 1. The van der Waals surface area contributed by atoms with Crippen LogP contribution >= 0.6 is 0 Å². The molecule has 0 fully saturated rings. The van der Waals surface area contributed by atoms with Crippen LogP contribution < -0.4 is 0 Å². The summed E-state index contributed by atoms with van der Waals surface area (Å²) in [5.74, 6) is -0.863. The standard InChI is InChI=1S/C15H20N2O4S/c1-4-8-17(9-5-2)22(20,21)11-6-7-12-13(10-11)15(19)16(3)14(12)18/h6-7,10H,4-5,8-9H2,1-3H3. The first-order valence-corrected chi connectivity index (χ1v) is 8.75. The molecule has 7 heteroatoms. The summed E-state index contributed by atoms with van der Waals surface area (Å²) >= 11 is 0. The topological polar surface area (TPSA) is 74.8 Å². The van der Waals surface area contributed by atoms with Gasteiger partial charge in [-0.15, -0.1) is 0 Å². The molecule has 0 aromatic heterocycles. The SMILES string of the molecule is CCCN(CCC)S(=O)(=O)c1ccc2c(c1)C(=O)N(C)C2=O. The van der Waals surface area contributed by atoms with Gasteiger partial charge in [-0.2, -0.15) is 4.31 Å². The monoisotopic (exact) mass is 324 g/mol. The van der Waals surface area contributed by atoms with E-state index in [1.54, 1.807) is 0 Å². The van der Waals surface area contributed by atoms with E-state index in [-0.39, 0.29) is 16.0 Å². The number of hydrogen-bond donors (Lipinski definition) is 0. The number of imide groups is 1. The fourth-order valence-corrected chi connectivity index (χ4v) is 4.15. The highest BCUT2D eigenvalue weighted by Crippen LogP contribution is 2.26. The van der Waals surface area contributed by atoms with Crippen molar-refractivity contribution in [2.24, 2.45) is 0 Å². The highest BCUT2D eigenvalue weighted by Gasteiger charge is 2.34. The van der Waals surface area contributed by atoms with Crippen molar-refractivity contribution >= 4 is 21.8 Å². The second-order valence-electron chi connectivity index (χ2n) is 5.28. The lowest BCUT2D eigenvalue weighted by Crippen LogP contribution is -2.32. The van der Waals surface area contributed by atoms with Gasteiger partial charge in [0.1, 0.15) is 0 Å². The van der Waals surface area contributed by atoms with Crippen LogP contribution in [0.3, 0.4) is 0 Å². The zero-order valence-corrected chi connectivity index (χ0v) is 13.8. The Labute approximate surface area is 130 Å². The van der Waals surface area contributed by atoms with E-state index >= 15 is 0 Å². The molecule has 0 atom stereocenters. The van der Waals surface area contributed by atoms with Crippen molar-refractivity contribution < 1.29 is 18.0 Å². The van der Waals surface area contributed by atoms with Crippen molar-refractivity contribution in [2.45, 2.75) is 31.6 Å². The van der Waals surface area contributed by atoms with Crippen molar-refractivity contribution in [1.82, 2.24) is 9.21 Å². The van der Waals surface area contributed by atoms with Crippen LogP contribution in [0.15, 0.2) is 23.1 Å². The predicted octanol–water partition coefficient (Wildman–Crippen LogP) is 1.72. The van der Waals surface area contributed by atoms with Gasteiger partial charge in [-0.25, -0.2) is 8.42 Å². The molecule has 0 saturated carbocycles. The van der Waals surface area contributed by atoms with Crippen LogP contribution in [-0.4, -0.2) is 49.6 Å². The molecule has 1 aliphatic heterocycles. The van der Waals surface area contributed by atoms with E-state index in [0.29, 0.717) is 25.9 Å². The Morgan fingerprint density at radius 2 is 1.55 bits per heavy atom. The molecule has 0 bridgehead atoms. The fourth-order valence-electron chi connectivity index (χ4n) is 2.50. The molecule has 0 unspecified atom stereocenters. The Hall–Kier alpha value is -1.73. The van der Waals surface area contributed by atoms with Gasteiger partial charge in [0.2, 0.25) is 10.0 Å². The molecule has 1 heterocycles. The third-order valence-electron chi connectivity index (χ3n) is 3.64. The highest BCUT2D eigenvalue weighted by molar-refractivity contribution is 7.89. The van der Waals surface area contributed by atoms with Crippen LogP contribution in [0.25, 0.3) is 0 Å². The first-order valence-electron chi connectivity index (χ1n) is 7.31. The molecule has 1 aliphatic rings. The Bertz CT molecular complexity index is 706. The smallest absolute Gasteiger partial charge is 0.261 e. The molecule has 0 radical (unpaired) electrons. The van der Waals surface area contributed by atoms with Gasteiger partial charge in [0.05, 0.1) is 16.0 Å². The summed E-state index contributed by atoms with van der Waals surface area (Å²) < 4.78 is 26.8. The largest absolute Gasteiger partial charge is 0.277 e. The molecule has 2 rings (SSSR count). The van der Waals surface area contributed by atoms with E-state index in [2.05, 4.69) is 0 Å². The molecule has 1 aromatic carbocycles. The molecule has 22 heavy (non-hydrogen) atoms. The lowest BCUT2D eigenvalue weighted by Gasteiger charge is -2.21. The van der Waals surface area contributed by atoms with Gasteiger partial charge in [0, 0.05) is 20.1 Å². The Kier molecular flexibility index (Phi) is 4.67. The lowest BCUT2D eigenvalue weighted by atomic mass is 10.1. The van der Waals surface area contributed by atoms with Crippen molar-refractivity contribution in [3.63, 3.8) is 0 Å². The van der Waals surface area contributed by atoms with Crippen LogP contribution in [0.2, 0.25) is 0 Å². The Morgan fingerprint density at radius 1 is 1.00 bits per heavy atom. The summed E-state index contributed by atoms with van der Waals surface area (Å²) in [5.41, 5.74) is 0.408. The quantitative estimate of drug-likeness (QED) is 0.747. The van der Waals surface area contributed by atoms with E-state index in [0.717, 1.165) is 4.90 Å². The lowest BCUT2D eigenvalue weighted by molar-refractivity contribution is 0.0693. The number of hydrogen-bond acceptors (Lipinski definition) is 4. The predicted molar refractivity (Wildman–Crippen MR) is 82.2 cm³/mol. The minimum atomic E-state index is -3.65. The van der Waals surface area contributed by atoms with Gasteiger partial charge in [-0.3, -0.25) is 14.5 Å². The van der Waals surface area contributed by atoms with Gasteiger partial charge in [-0.1, -0.05) is 13.8 Å². The van der Waals surface area contributed by atoms with Crippen LogP contribution in [0.5, 0.6) is 0 Å². The zero-order valence-electron chi connectivity index (χ0n) is 13.0. The first kappa shape index (κ1) is 16.6. The first-order chi connectivity index (χ1) is 10.3. The summed E-state index contributed by atoms with van der Waals surface area (Å²) in [6.45, 7) is 4.69.